The quantitative estimate of drug-likeness (QED) is 0.534. The number of hydrogen-bond acceptors (Lipinski definition) is 4. The molecule has 1 atom stereocenters. The predicted molar refractivity (Wildman–Crippen MR) is 36.8 cm³/mol. The first-order chi connectivity index (χ1) is 5.27. The van der Waals surface area contributed by atoms with E-state index in [0.717, 1.165) is 0 Å². The lowest BCUT2D eigenvalue weighted by Crippen LogP contribution is -2.26. The van der Waals surface area contributed by atoms with E-state index in [2.05, 4.69) is 0 Å². The highest BCUT2D eigenvalue weighted by Crippen LogP contribution is 2.10. The Balaban J connectivity index is 2.68. The van der Waals surface area contributed by atoms with Crippen molar-refractivity contribution < 1.29 is 19.0 Å². The van der Waals surface area contributed by atoms with Gasteiger partial charge in [0.2, 0.25) is 5.76 Å². The number of cyclic esters (lactones) is 1. The number of ether oxygens (including phenoxy) is 3. The van der Waals surface area contributed by atoms with Crippen molar-refractivity contribution in [1.29, 1.82) is 0 Å². The molecule has 0 fully saturated rings. The van der Waals surface area contributed by atoms with Gasteiger partial charge >= 0.3 is 5.97 Å². The molecule has 0 aliphatic carbocycles. The van der Waals surface area contributed by atoms with Gasteiger partial charge in [0.1, 0.15) is 12.7 Å². The molecule has 0 aromatic carbocycles. The molecule has 1 aliphatic rings. The number of hydrogen-bond donors (Lipinski definition) is 0. The number of esters is 1. The Hall–Kier alpha value is -1.03. The normalized spacial score (nSPS) is 24.0. The predicted octanol–water partition coefficient (Wildman–Crippen LogP) is 0.0885. The van der Waals surface area contributed by atoms with Crippen LogP contribution < -0.4 is 0 Å². The van der Waals surface area contributed by atoms with E-state index in [0.29, 0.717) is 0 Å². The van der Waals surface area contributed by atoms with E-state index >= 15 is 0 Å². The second kappa shape index (κ2) is 3.39. The molecule has 0 saturated heterocycles. The Morgan fingerprint density at radius 3 is 2.91 bits per heavy atom. The Morgan fingerprint density at radius 2 is 2.36 bits per heavy atom. The zero-order valence-corrected chi connectivity index (χ0v) is 6.49. The maximum absolute atomic E-state index is 10.8. The molecule has 0 N–H and O–H groups in total. The van der Waals surface area contributed by atoms with Crippen LogP contribution in [-0.4, -0.2) is 32.9 Å². The van der Waals surface area contributed by atoms with Crippen molar-refractivity contribution >= 4 is 5.97 Å². The van der Waals surface area contributed by atoms with Gasteiger partial charge in [-0.3, -0.25) is 0 Å². The van der Waals surface area contributed by atoms with Crippen molar-refractivity contribution in [2.75, 3.05) is 20.8 Å². The highest BCUT2D eigenvalue weighted by atomic mass is 16.6. The van der Waals surface area contributed by atoms with E-state index in [1.165, 1.54) is 7.11 Å². The number of carbonyl (C=O) groups is 1. The lowest BCUT2D eigenvalue weighted by Gasteiger charge is -2.18. The molecule has 1 aliphatic heterocycles. The first-order valence-electron chi connectivity index (χ1n) is 3.23. The van der Waals surface area contributed by atoms with Crippen molar-refractivity contribution in [2.45, 2.75) is 6.10 Å². The van der Waals surface area contributed by atoms with Crippen LogP contribution in [0, 0.1) is 0 Å². The summed E-state index contributed by atoms with van der Waals surface area (Å²) in [6.07, 6.45) is 1.42. The number of rotatable bonds is 2. The van der Waals surface area contributed by atoms with Crippen LogP contribution in [0.2, 0.25) is 0 Å². The number of carbonyl (C=O) groups excluding carboxylic acids is 1. The Labute approximate surface area is 64.7 Å². The molecule has 1 heterocycles. The van der Waals surface area contributed by atoms with Crippen molar-refractivity contribution in [3.63, 3.8) is 0 Å². The summed E-state index contributed by atoms with van der Waals surface area (Å²) in [4.78, 5) is 10.8. The summed E-state index contributed by atoms with van der Waals surface area (Å²) in [6.45, 7) is 0.266. The summed E-state index contributed by atoms with van der Waals surface area (Å²) in [5.74, 6) is -0.219. The van der Waals surface area contributed by atoms with E-state index in [4.69, 9.17) is 14.2 Å². The summed E-state index contributed by atoms with van der Waals surface area (Å²) in [5, 5.41) is 0. The monoisotopic (exact) mass is 158 g/mol. The molecule has 1 rings (SSSR count). The molecular weight excluding hydrogens is 148 g/mol. The molecule has 0 aromatic rings. The molecule has 0 spiro atoms. The molecule has 0 unspecified atom stereocenters. The average Bonchev–Trinajstić information content (AvgIpc) is 2.05. The minimum atomic E-state index is -0.430. The molecule has 4 nitrogen and oxygen atoms in total. The molecule has 4 heteroatoms. The van der Waals surface area contributed by atoms with Crippen LogP contribution in [0.25, 0.3) is 0 Å². The van der Waals surface area contributed by atoms with Crippen LogP contribution in [0.5, 0.6) is 0 Å². The third-order valence-corrected chi connectivity index (χ3v) is 1.44. The van der Waals surface area contributed by atoms with E-state index in [9.17, 15) is 4.79 Å². The SMILES string of the molecule is COC1=C[C@@H](OC)COC1=O. The lowest BCUT2D eigenvalue weighted by molar-refractivity contribution is -0.147. The van der Waals surface area contributed by atoms with Gasteiger partial charge in [-0.15, -0.1) is 0 Å². The van der Waals surface area contributed by atoms with Gasteiger partial charge in [0, 0.05) is 7.11 Å². The zero-order chi connectivity index (χ0) is 8.27. The Morgan fingerprint density at radius 1 is 1.64 bits per heavy atom. The second-order valence-electron chi connectivity index (χ2n) is 2.11. The first kappa shape index (κ1) is 8.07. The fraction of sp³-hybridized carbons (Fsp3) is 0.571. The standard InChI is InChI=1S/C7H10O4/c1-9-5-3-6(10-2)7(8)11-4-5/h3,5H,4H2,1-2H3/t5-/m1/s1. The smallest absolute Gasteiger partial charge is 0.373 e. The van der Waals surface area contributed by atoms with Gasteiger partial charge in [-0.1, -0.05) is 0 Å². The topological polar surface area (TPSA) is 44.8 Å². The van der Waals surface area contributed by atoms with E-state index in [1.807, 2.05) is 0 Å². The van der Waals surface area contributed by atoms with Crippen molar-refractivity contribution in [3.8, 4) is 0 Å². The van der Waals surface area contributed by atoms with Crippen molar-refractivity contribution in [3.05, 3.63) is 11.8 Å². The van der Waals surface area contributed by atoms with E-state index in [-0.39, 0.29) is 18.5 Å². The third kappa shape index (κ3) is 1.71. The van der Waals surface area contributed by atoms with Gasteiger partial charge in [-0.25, -0.2) is 4.79 Å². The summed E-state index contributed by atoms with van der Waals surface area (Å²) in [5.41, 5.74) is 0. The highest BCUT2D eigenvalue weighted by molar-refractivity contribution is 5.87. The minimum absolute atomic E-state index is 0.178. The summed E-state index contributed by atoms with van der Waals surface area (Å²) >= 11 is 0. The largest absolute Gasteiger partial charge is 0.490 e. The molecule has 0 radical (unpaired) electrons. The zero-order valence-electron chi connectivity index (χ0n) is 6.49. The molecule has 0 bridgehead atoms. The van der Waals surface area contributed by atoms with Crippen LogP contribution in [0.4, 0.5) is 0 Å². The molecular formula is C7H10O4. The van der Waals surface area contributed by atoms with Crippen molar-refractivity contribution in [1.82, 2.24) is 0 Å². The van der Waals surface area contributed by atoms with Gasteiger partial charge in [0.25, 0.3) is 0 Å². The highest BCUT2D eigenvalue weighted by Gasteiger charge is 2.21. The van der Waals surface area contributed by atoms with Crippen LogP contribution in [-0.2, 0) is 19.0 Å². The number of methoxy groups -OCH3 is 2. The second-order valence-corrected chi connectivity index (χ2v) is 2.11. The maximum atomic E-state index is 10.8. The minimum Gasteiger partial charge on any atom is -0.490 e. The Kier molecular flexibility index (Phi) is 2.48. The van der Waals surface area contributed by atoms with Crippen LogP contribution in [0.1, 0.15) is 0 Å². The van der Waals surface area contributed by atoms with E-state index < -0.39 is 5.97 Å². The maximum Gasteiger partial charge on any atom is 0.373 e. The third-order valence-electron chi connectivity index (χ3n) is 1.44. The van der Waals surface area contributed by atoms with Gasteiger partial charge < -0.3 is 14.2 Å². The van der Waals surface area contributed by atoms with Gasteiger partial charge in [0.15, 0.2) is 0 Å². The van der Waals surface area contributed by atoms with Gasteiger partial charge in [0.05, 0.1) is 7.11 Å². The van der Waals surface area contributed by atoms with Crippen LogP contribution in [0.3, 0.4) is 0 Å². The summed E-state index contributed by atoms with van der Waals surface area (Å²) in [7, 11) is 2.97. The summed E-state index contributed by atoms with van der Waals surface area (Å²) in [6, 6.07) is 0. The van der Waals surface area contributed by atoms with Crippen LogP contribution >= 0.6 is 0 Å². The molecule has 62 valence electrons. The van der Waals surface area contributed by atoms with Crippen LogP contribution in [0.15, 0.2) is 11.8 Å². The van der Waals surface area contributed by atoms with E-state index in [1.54, 1.807) is 13.2 Å². The molecule has 11 heavy (non-hydrogen) atoms. The molecule has 0 saturated carbocycles. The lowest BCUT2D eigenvalue weighted by atomic mass is 10.2. The molecule has 0 amide bonds. The summed E-state index contributed by atoms with van der Waals surface area (Å²) < 4.78 is 14.4. The first-order valence-corrected chi connectivity index (χ1v) is 3.23. The fourth-order valence-electron chi connectivity index (χ4n) is 0.801. The fourth-order valence-corrected chi connectivity index (χ4v) is 0.801. The molecule has 0 aromatic heterocycles. The van der Waals surface area contributed by atoms with Gasteiger partial charge in [-0.05, 0) is 6.08 Å². The van der Waals surface area contributed by atoms with Crippen molar-refractivity contribution in [2.24, 2.45) is 0 Å². The Bertz CT molecular complexity index is 185. The average molecular weight is 158 g/mol. The van der Waals surface area contributed by atoms with Gasteiger partial charge in [-0.2, -0.15) is 0 Å².